The summed E-state index contributed by atoms with van der Waals surface area (Å²) in [6, 6.07) is 4.70. The molecule has 0 fully saturated rings. The van der Waals surface area contributed by atoms with Gasteiger partial charge in [0.25, 0.3) is 6.43 Å². The molecule has 0 spiro atoms. The Morgan fingerprint density at radius 1 is 1.33 bits per heavy atom. The predicted molar refractivity (Wildman–Crippen MR) is 58.5 cm³/mol. The second-order valence-electron chi connectivity index (χ2n) is 3.41. The lowest BCUT2D eigenvalue weighted by Crippen LogP contribution is -2.05. The van der Waals surface area contributed by atoms with Crippen molar-refractivity contribution in [1.82, 2.24) is 0 Å². The van der Waals surface area contributed by atoms with Gasteiger partial charge in [-0.05, 0) is 19.4 Å². The molecule has 0 N–H and O–H groups in total. The van der Waals surface area contributed by atoms with Crippen LogP contribution in [0.1, 0.15) is 34.9 Å². The van der Waals surface area contributed by atoms with E-state index in [-0.39, 0.29) is 11.3 Å². The largest absolute Gasteiger partial charge is 0.298 e. The summed E-state index contributed by atoms with van der Waals surface area (Å²) < 4.78 is 25.4. The quantitative estimate of drug-likeness (QED) is 0.764. The first-order chi connectivity index (χ1) is 6.93. The lowest BCUT2D eigenvalue weighted by molar-refractivity contribution is -0.116. The Hall–Kier alpha value is -0.770. The zero-order chi connectivity index (χ0) is 11.6. The predicted octanol–water partition coefficient (Wildman–Crippen LogP) is 3.96. The molecular formula is C11H11BrF2O. The molecule has 1 nitrogen and oxygen atoms in total. The SMILES string of the molecule is CC(=O)C(Br)c1ccc(C)cc1C(F)F. The van der Waals surface area contributed by atoms with Gasteiger partial charge in [0.1, 0.15) is 5.78 Å². The van der Waals surface area contributed by atoms with Gasteiger partial charge in [0, 0.05) is 5.56 Å². The Bertz CT molecular complexity index is 377. The van der Waals surface area contributed by atoms with Gasteiger partial charge in [-0.1, -0.05) is 39.7 Å². The van der Waals surface area contributed by atoms with Crippen molar-refractivity contribution in [2.75, 3.05) is 0 Å². The molecule has 0 aliphatic heterocycles. The highest BCUT2D eigenvalue weighted by molar-refractivity contribution is 9.09. The number of carbonyl (C=O) groups is 1. The fraction of sp³-hybridized carbons (Fsp3) is 0.364. The monoisotopic (exact) mass is 276 g/mol. The van der Waals surface area contributed by atoms with Gasteiger partial charge < -0.3 is 0 Å². The molecule has 1 atom stereocenters. The molecule has 0 saturated carbocycles. The van der Waals surface area contributed by atoms with E-state index in [0.29, 0.717) is 5.56 Å². The van der Waals surface area contributed by atoms with Gasteiger partial charge in [0.15, 0.2) is 0 Å². The van der Waals surface area contributed by atoms with E-state index in [1.54, 1.807) is 19.1 Å². The summed E-state index contributed by atoms with van der Waals surface area (Å²) in [7, 11) is 0. The van der Waals surface area contributed by atoms with E-state index in [1.165, 1.54) is 13.0 Å². The van der Waals surface area contributed by atoms with Crippen molar-refractivity contribution in [3.8, 4) is 0 Å². The Labute approximate surface area is 95.6 Å². The number of hydrogen-bond acceptors (Lipinski definition) is 1. The van der Waals surface area contributed by atoms with Gasteiger partial charge in [-0.25, -0.2) is 8.78 Å². The molecule has 0 aliphatic rings. The van der Waals surface area contributed by atoms with Crippen molar-refractivity contribution >= 4 is 21.7 Å². The molecule has 0 bridgehead atoms. The smallest absolute Gasteiger partial charge is 0.264 e. The van der Waals surface area contributed by atoms with Crippen LogP contribution >= 0.6 is 15.9 Å². The molecular weight excluding hydrogens is 266 g/mol. The van der Waals surface area contributed by atoms with E-state index in [4.69, 9.17) is 0 Å². The number of carbonyl (C=O) groups excluding carboxylic acids is 1. The van der Waals surface area contributed by atoms with Crippen molar-refractivity contribution < 1.29 is 13.6 Å². The van der Waals surface area contributed by atoms with E-state index >= 15 is 0 Å². The lowest BCUT2D eigenvalue weighted by Gasteiger charge is -2.13. The number of hydrogen-bond donors (Lipinski definition) is 0. The fourth-order valence-corrected chi connectivity index (χ4v) is 1.75. The lowest BCUT2D eigenvalue weighted by atomic mass is 10.0. The number of alkyl halides is 3. The van der Waals surface area contributed by atoms with Crippen LogP contribution in [0.4, 0.5) is 8.78 Å². The topological polar surface area (TPSA) is 17.1 Å². The van der Waals surface area contributed by atoms with Crippen molar-refractivity contribution in [3.05, 3.63) is 34.9 Å². The highest BCUT2D eigenvalue weighted by Crippen LogP contribution is 2.33. The van der Waals surface area contributed by atoms with Gasteiger partial charge in [-0.2, -0.15) is 0 Å². The number of halogens is 3. The first kappa shape index (κ1) is 12.3. The minimum Gasteiger partial charge on any atom is -0.298 e. The maximum Gasteiger partial charge on any atom is 0.264 e. The first-order valence-electron chi connectivity index (χ1n) is 4.46. The van der Waals surface area contributed by atoms with Crippen LogP contribution in [0.15, 0.2) is 18.2 Å². The molecule has 0 radical (unpaired) electrons. The van der Waals surface area contributed by atoms with Crippen LogP contribution in [0.25, 0.3) is 0 Å². The van der Waals surface area contributed by atoms with Crippen LogP contribution < -0.4 is 0 Å². The van der Waals surface area contributed by atoms with Gasteiger partial charge in [0.05, 0.1) is 4.83 Å². The van der Waals surface area contributed by atoms with Crippen LogP contribution in [-0.2, 0) is 4.79 Å². The molecule has 0 aromatic heterocycles. The molecule has 1 rings (SSSR count). The Morgan fingerprint density at radius 2 is 1.93 bits per heavy atom. The van der Waals surface area contributed by atoms with Gasteiger partial charge in [-0.3, -0.25) is 4.79 Å². The standard InChI is InChI=1S/C11H11BrF2O/c1-6-3-4-8(10(12)7(2)15)9(5-6)11(13)14/h3-5,10-11H,1-2H3. The average Bonchev–Trinajstić information content (AvgIpc) is 2.16. The summed E-state index contributed by atoms with van der Waals surface area (Å²) in [6.45, 7) is 3.11. The molecule has 0 aliphatic carbocycles. The van der Waals surface area contributed by atoms with Crippen LogP contribution in [0.3, 0.4) is 0 Å². The zero-order valence-corrected chi connectivity index (χ0v) is 10.0. The Morgan fingerprint density at radius 3 is 2.40 bits per heavy atom. The highest BCUT2D eigenvalue weighted by atomic mass is 79.9. The molecule has 1 aromatic carbocycles. The molecule has 1 unspecified atom stereocenters. The summed E-state index contributed by atoms with van der Waals surface area (Å²) in [6.07, 6.45) is -2.56. The van der Waals surface area contributed by atoms with E-state index in [1.807, 2.05) is 0 Å². The second-order valence-corrected chi connectivity index (χ2v) is 4.32. The number of aryl methyl sites for hydroxylation is 1. The fourth-order valence-electron chi connectivity index (χ4n) is 1.33. The van der Waals surface area contributed by atoms with Gasteiger partial charge in [-0.15, -0.1) is 0 Å². The molecule has 0 heterocycles. The molecule has 82 valence electrons. The first-order valence-corrected chi connectivity index (χ1v) is 5.38. The molecule has 0 saturated heterocycles. The molecule has 1 aromatic rings. The van der Waals surface area contributed by atoms with E-state index in [2.05, 4.69) is 15.9 Å². The van der Waals surface area contributed by atoms with Crippen LogP contribution in [-0.4, -0.2) is 5.78 Å². The third-order valence-electron chi connectivity index (χ3n) is 2.11. The molecule has 15 heavy (non-hydrogen) atoms. The Kier molecular flexibility index (Phi) is 3.97. The maximum atomic E-state index is 12.7. The number of ketones is 1. The summed E-state index contributed by atoms with van der Waals surface area (Å²) in [5.41, 5.74) is 1.03. The Balaban J connectivity index is 3.22. The minimum atomic E-state index is -2.56. The van der Waals surface area contributed by atoms with Gasteiger partial charge >= 0.3 is 0 Å². The summed E-state index contributed by atoms with van der Waals surface area (Å²) in [5, 5.41) is 0. The molecule has 4 heteroatoms. The average molecular weight is 277 g/mol. The van der Waals surface area contributed by atoms with E-state index < -0.39 is 11.3 Å². The number of benzene rings is 1. The van der Waals surface area contributed by atoms with Crippen molar-refractivity contribution in [3.63, 3.8) is 0 Å². The van der Waals surface area contributed by atoms with Crippen LogP contribution in [0.5, 0.6) is 0 Å². The molecule has 0 amide bonds. The summed E-state index contributed by atoms with van der Waals surface area (Å²) in [4.78, 5) is 10.5. The second kappa shape index (κ2) is 4.84. The zero-order valence-electron chi connectivity index (χ0n) is 8.43. The summed E-state index contributed by atoms with van der Waals surface area (Å²) >= 11 is 3.11. The van der Waals surface area contributed by atoms with Gasteiger partial charge in [0.2, 0.25) is 0 Å². The third-order valence-corrected chi connectivity index (χ3v) is 3.25. The van der Waals surface area contributed by atoms with Crippen LogP contribution in [0, 0.1) is 6.92 Å². The van der Waals surface area contributed by atoms with Crippen molar-refractivity contribution in [2.45, 2.75) is 25.1 Å². The van der Waals surface area contributed by atoms with E-state index in [0.717, 1.165) is 5.56 Å². The minimum absolute atomic E-state index is 0.0768. The van der Waals surface area contributed by atoms with E-state index in [9.17, 15) is 13.6 Å². The normalized spacial score (nSPS) is 12.9. The number of Topliss-reactive ketones (excluding diaryl/α,β-unsaturated/α-hetero) is 1. The third kappa shape index (κ3) is 2.84. The van der Waals surface area contributed by atoms with Crippen LogP contribution in [0.2, 0.25) is 0 Å². The van der Waals surface area contributed by atoms with Crippen molar-refractivity contribution in [1.29, 1.82) is 0 Å². The summed E-state index contributed by atoms with van der Waals surface area (Å²) in [5.74, 6) is -0.180. The maximum absolute atomic E-state index is 12.7. The number of rotatable bonds is 3. The van der Waals surface area contributed by atoms with Crippen molar-refractivity contribution in [2.24, 2.45) is 0 Å². The highest BCUT2D eigenvalue weighted by Gasteiger charge is 2.21.